The average molecular weight is 352 g/mol. The first-order chi connectivity index (χ1) is 11.4. The third-order valence-corrected chi connectivity index (χ3v) is 4.06. The van der Waals surface area contributed by atoms with Gasteiger partial charge in [0, 0.05) is 11.8 Å². The van der Waals surface area contributed by atoms with E-state index in [1.54, 1.807) is 25.1 Å². The fraction of sp³-hybridized carbons (Fsp3) is 0.286. The lowest BCUT2D eigenvalue weighted by Crippen LogP contribution is -2.28. The number of benzene rings is 1. The average Bonchev–Trinajstić information content (AvgIpc) is 2.57. The Morgan fingerprint density at radius 3 is 2.58 bits per heavy atom. The third-order valence-electron chi connectivity index (χ3n) is 2.99. The Bertz CT molecular complexity index is 848. The van der Waals surface area contributed by atoms with Crippen molar-refractivity contribution >= 4 is 23.4 Å². The number of nitrogens with zero attached hydrogens (tertiary/aromatic N) is 1. The van der Waals surface area contributed by atoms with Crippen LogP contribution in [0.3, 0.4) is 0 Å². The lowest BCUT2D eigenvalue weighted by molar-refractivity contribution is -0.115. The minimum atomic E-state index is -0.702. The van der Waals surface area contributed by atoms with Crippen LogP contribution in [0.5, 0.6) is 11.5 Å². The lowest BCUT2D eigenvalue weighted by Gasteiger charge is -2.13. The number of rotatable bonds is 6. The lowest BCUT2D eigenvalue weighted by atomic mass is 10.2. The Kier molecular flexibility index (Phi) is 5.64. The first-order valence-corrected chi connectivity index (χ1v) is 7.71. The monoisotopic (exact) mass is 352 g/mol. The van der Waals surface area contributed by atoms with Crippen molar-refractivity contribution in [1.82, 2.24) is 15.2 Å². The molecular weight excluding hydrogens is 336 g/mol. The number of thioether (sulfide) groups is 1. The highest BCUT2D eigenvalue weighted by molar-refractivity contribution is 8.00. The Balaban J connectivity index is 2.08. The van der Waals surface area contributed by atoms with Crippen LogP contribution in [0.15, 0.2) is 32.8 Å². The first kappa shape index (κ1) is 17.6. The van der Waals surface area contributed by atoms with E-state index in [9.17, 15) is 14.4 Å². The van der Waals surface area contributed by atoms with Crippen LogP contribution >= 0.6 is 11.8 Å². The molecule has 0 fully saturated rings. The zero-order valence-electron chi connectivity index (χ0n) is 13.2. The normalized spacial score (nSPS) is 11.6. The van der Waals surface area contributed by atoms with E-state index in [4.69, 9.17) is 9.47 Å². The second kappa shape index (κ2) is 7.68. The molecule has 1 aromatic heterocycles. The fourth-order valence-corrected chi connectivity index (χ4v) is 2.55. The van der Waals surface area contributed by atoms with Gasteiger partial charge in [0.15, 0.2) is 16.5 Å². The van der Waals surface area contributed by atoms with Crippen molar-refractivity contribution in [3.8, 4) is 11.5 Å². The summed E-state index contributed by atoms with van der Waals surface area (Å²) in [7, 11) is 3.01. The van der Waals surface area contributed by atoms with Gasteiger partial charge < -0.3 is 14.8 Å². The van der Waals surface area contributed by atoms with E-state index >= 15 is 0 Å². The topological polar surface area (TPSA) is 126 Å². The van der Waals surface area contributed by atoms with Crippen molar-refractivity contribution in [1.29, 1.82) is 0 Å². The van der Waals surface area contributed by atoms with Crippen molar-refractivity contribution in [2.75, 3.05) is 19.5 Å². The van der Waals surface area contributed by atoms with Crippen molar-refractivity contribution in [3.63, 3.8) is 0 Å². The molecule has 24 heavy (non-hydrogen) atoms. The maximum Gasteiger partial charge on any atom is 0.342 e. The molecule has 3 N–H and O–H groups in total. The zero-order chi connectivity index (χ0) is 17.7. The molecule has 0 saturated heterocycles. The van der Waals surface area contributed by atoms with Crippen LogP contribution in [0.1, 0.15) is 6.92 Å². The van der Waals surface area contributed by atoms with Gasteiger partial charge in [-0.1, -0.05) is 11.8 Å². The molecule has 128 valence electrons. The van der Waals surface area contributed by atoms with Gasteiger partial charge in [0.1, 0.15) is 0 Å². The smallest absolute Gasteiger partial charge is 0.342 e. The van der Waals surface area contributed by atoms with Crippen LogP contribution in [0.25, 0.3) is 0 Å². The molecule has 1 atom stereocenters. The van der Waals surface area contributed by atoms with Gasteiger partial charge >= 0.3 is 5.69 Å². The molecule has 9 nitrogen and oxygen atoms in total. The van der Waals surface area contributed by atoms with Gasteiger partial charge in [-0.25, -0.2) is 9.89 Å². The van der Waals surface area contributed by atoms with E-state index in [1.165, 1.54) is 14.2 Å². The molecular formula is C14H16N4O5S. The van der Waals surface area contributed by atoms with Crippen LogP contribution < -0.4 is 26.0 Å². The number of methoxy groups -OCH3 is 2. The SMILES string of the molecule is COc1ccc(NC(=O)C(C)Sc2n[nH]c(=O)[nH]c2=O)cc1OC. The summed E-state index contributed by atoms with van der Waals surface area (Å²) in [6.07, 6.45) is 0. The zero-order valence-corrected chi connectivity index (χ0v) is 14.0. The van der Waals surface area contributed by atoms with Crippen molar-refractivity contribution in [2.45, 2.75) is 17.2 Å². The van der Waals surface area contributed by atoms with E-state index in [2.05, 4.69) is 15.5 Å². The van der Waals surface area contributed by atoms with Gasteiger partial charge in [-0.2, -0.15) is 5.10 Å². The van der Waals surface area contributed by atoms with Gasteiger partial charge in [0.05, 0.1) is 19.5 Å². The molecule has 0 radical (unpaired) electrons. The second-order valence-corrected chi connectivity index (χ2v) is 5.96. The highest BCUT2D eigenvalue weighted by Crippen LogP contribution is 2.30. The van der Waals surface area contributed by atoms with Crippen molar-refractivity contribution in [3.05, 3.63) is 39.0 Å². The van der Waals surface area contributed by atoms with Crippen LogP contribution in [-0.2, 0) is 4.79 Å². The molecule has 0 saturated carbocycles. The number of H-pyrrole nitrogens is 2. The number of nitrogens with one attached hydrogen (secondary N) is 3. The molecule has 0 aliphatic heterocycles. The number of aromatic amines is 2. The summed E-state index contributed by atoms with van der Waals surface area (Å²) in [6.45, 7) is 1.62. The number of carbonyl (C=O) groups excluding carboxylic acids is 1. The number of hydrogen-bond donors (Lipinski definition) is 3. The summed E-state index contributed by atoms with van der Waals surface area (Å²) < 4.78 is 10.3. The van der Waals surface area contributed by atoms with Crippen molar-refractivity contribution < 1.29 is 14.3 Å². The summed E-state index contributed by atoms with van der Waals surface area (Å²) in [5.74, 6) is 0.691. The van der Waals surface area contributed by atoms with Gasteiger partial charge in [-0.3, -0.25) is 14.6 Å². The van der Waals surface area contributed by atoms with E-state index in [-0.39, 0.29) is 10.9 Å². The number of ether oxygens (including phenoxy) is 2. The van der Waals surface area contributed by atoms with Gasteiger partial charge in [-0.05, 0) is 19.1 Å². The third kappa shape index (κ3) is 4.16. The van der Waals surface area contributed by atoms with Crippen LogP contribution in [0.4, 0.5) is 5.69 Å². The summed E-state index contributed by atoms with van der Waals surface area (Å²) >= 11 is 0.931. The Morgan fingerprint density at radius 2 is 1.96 bits per heavy atom. The number of carbonyl (C=O) groups is 1. The summed E-state index contributed by atoms with van der Waals surface area (Å²) in [6, 6.07) is 4.96. The molecule has 1 unspecified atom stereocenters. The van der Waals surface area contributed by atoms with Crippen LogP contribution in [-0.4, -0.2) is 40.6 Å². The molecule has 0 aliphatic rings. The highest BCUT2D eigenvalue weighted by Gasteiger charge is 2.18. The quantitative estimate of drug-likeness (QED) is 0.650. The van der Waals surface area contributed by atoms with E-state index in [0.717, 1.165) is 11.8 Å². The fourth-order valence-electron chi connectivity index (χ4n) is 1.80. The van der Waals surface area contributed by atoms with Gasteiger partial charge in [-0.15, -0.1) is 0 Å². The predicted octanol–water partition coefficient (Wildman–Crippen LogP) is 0.595. The highest BCUT2D eigenvalue weighted by atomic mass is 32.2. The number of anilines is 1. The van der Waals surface area contributed by atoms with Crippen molar-refractivity contribution in [2.24, 2.45) is 0 Å². The maximum absolute atomic E-state index is 12.2. The number of hydrogen-bond acceptors (Lipinski definition) is 7. The van der Waals surface area contributed by atoms with E-state index < -0.39 is 16.5 Å². The maximum atomic E-state index is 12.2. The summed E-state index contributed by atoms with van der Waals surface area (Å²) in [4.78, 5) is 36.8. The number of amides is 1. The largest absolute Gasteiger partial charge is 0.493 e. The minimum absolute atomic E-state index is 0.00422. The number of aromatic nitrogens is 3. The molecule has 1 aromatic carbocycles. The molecule has 0 bridgehead atoms. The van der Waals surface area contributed by atoms with E-state index in [0.29, 0.717) is 17.2 Å². The second-order valence-electron chi connectivity index (χ2n) is 4.63. The Hall–Kier alpha value is -2.75. The molecule has 2 rings (SSSR count). The summed E-state index contributed by atoms with van der Waals surface area (Å²) in [5, 5.41) is 7.84. The van der Waals surface area contributed by atoms with Crippen LogP contribution in [0.2, 0.25) is 0 Å². The van der Waals surface area contributed by atoms with Gasteiger partial charge in [0.25, 0.3) is 5.56 Å². The molecule has 1 heterocycles. The minimum Gasteiger partial charge on any atom is -0.493 e. The molecule has 10 heteroatoms. The molecule has 0 spiro atoms. The van der Waals surface area contributed by atoms with Gasteiger partial charge in [0.2, 0.25) is 5.91 Å². The predicted molar refractivity (Wildman–Crippen MR) is 89.0 cm³/mol. The van der Waals surface area contributed by atoms with E-state index in [1.807, 2.05) is 4.98 Å². The van der Waals surface area contributed by atoms with Crippen LogP contribution in [0, 0.1) is 0 Å². The first-order valence-electron chi connectivity index (χ1n) is 6.83. The Morgan fingerprint density at radius 1 is 1.25 bits per heavy atom. The standard InChI is InChI=1S/C14H16N4O5S/c1-7(24-13-12(20)16-14(21)18-17-13)11(19)15-8-4-5-9(22-2)10(6-8)23-3/h4-7H,1-3H3,(H,15,19)(H2,16,18,20,21). The summed E-state index contributed by atoms with van der Waals surface area (Å²) in [5.41, 5.74) is -0.824. The molecule has 1 amide bonds. The Labute approximate surface area is 140 Å². The molecule has 2 aromatic rings. The molecule has 0 aliphatic carbocycles.